The molecule has 2 nitrogen and oxygen atoms in total. The summed E-state index contributed by atoms with van der Waals surface area (Å²) in [5, 5.41) is 3.70. The first-order valence-electron chi connectivity index (χ1n) is 8.20. The van der Waals surface area contributed by atoms with Gasteiger partial charge in [-0.05, 0) is 58.5 Å². The highest BCUT2D eigenvalue weighted by atomic mass is 15.2. The van der Waals surface area contributed by atoms with E-state index in [2.05, 4.69) is 31.0 Å². The smallest absolute Gasteiger partial charge is 0.0123 e. The maximum atomic E-state index is 3.70. The van der Waals surface area contributed by atoms with Gasteiger partial charge in [0.2, 0.25) is 0 Å². The van der Waals surface area contributed by atoms with Crippen molar-refractivity contribution < 1.29 is 0 Å². The normalized spacial score (nSPS) is 40.2. The fourth-order valence-electron chi connectivity index (χ4n) is 3.96. The lowest BCUT2D eigenvalue weighted by Crippen LogP contribution is -2.49. The summed E-state index contributed by atoms with van der Waals surface area (Å²) in [4.78, 5) is 2.83. The minimum Gasteiger partial charge on any atom is -0.312 e. The summed E-state index contributed by atoms with van der Waals surface area (Å²) >= 11 is 0. The fourth-order valence-corrected chi connectivity index (χ4v) is 3.96. The van der Waals surface area contributed by atoms with Crippen LogP contribution in [-0.4, -0.2) is 36.1 Å². The molecule has 0 radical (unpaired) electrons. The number of nitrogens with zero attached hydrogens (tertiary/aromatic N) is 1. The molecule has 18 heavy (non-hydrogen) atoms. The monoisotopic (exact) mass is 252 g/mol. The first-order valence-corrected chi connectivity index (χ1v) is 8.20. The van der Waals surface area contributed by atoms with Crippen LogP contribution in [-0.2, 0) is 0 Å². The molecular formula is C16H32N2. The van der Waals surface area contributed by atoms with Gasteiger partial charge in [-0.1, -0.05) is 26.2 Å². The number of hydrogen-bond donors (Lipinski definition) is 1. The van der Waals surface area contributed by atoms with Gasteiger partial charge in [0.1, 0.15) is 0 Å². The third kappa shape index (κ3) is 3.71. The van der Waals surface area contributed by atoms with Crippen molar-refractivity contribution in [3.8, 4) is 0 Å². The summed E-state index contributed by atoms with van der Waals surface area (Å²) in [5.74, 6) is 0.969. The van der Waals surface area contributed by atoms with Crippen LogP contribution in [0.1, 0.15) is 65.7 Å². The maximum Gasteiger partial charge on any atom is 0.0123 e. The molecule has 4 unspecified atom stereocenters. The standard InChI is InChI=1S/C16H32N2/c1-4-15-7-5-6-8-16(15)18-11-9-13(2)17-14(3)10-12-18/h13-17H,4-12H2,1-3H3. The SMILES string of the molecule is CCC1CCCCC1N1CCC(C)NC(C)CC1. The maximum absolute atomic E-state index is 3.70. The van der Waals surface area contributed by atoms with Gasteiger partial charge in [-0.15, -0.1) is 0 Å². The predicted molar refractivity (Wildman–Crippen MR) is 78.9 cm³/mol. The van der Waals surface area contributed by atoms with E-state index in [0.717, 1.165) is 12.0 Å². The van der Waals surface area contributed by atoms with Crippen LogP contribution in [0.25, 0.3) is 0 Å². The average Bonchev–Trinajstić information content (AvgIpc) is 2.37. The summed E-state index contributed by atoms with van der Waals surface area (Å²) in [6, 6.07) is 2.26. The molecule has 4 atom stereocenters. The molecule has 0 amide bonds. The van der Waals surface area contributed by atoms with Crippen molar-refractivity contribution in [3.63, 3.8) is 0 Å². The topological polar surface area (TPSA) is 15.3 Å². The summed E-state index contributed by atoms with van der Waals surface area (Å²) in [5.41, 5.74) is 0. The lowest BCUT2D eigenvalue weighted by Gasteiger charge is -2.42. The van der Waals surface area contributed by atoms with E-state index in [1.165, 1.54) is 58.0 Å². The van der Waals surface area contributed by atoms with E-state index in [1.54, 1.807) is 0 Å². The van der Waals surface area contributed by atoms with Crippen molar-refractivity contribution in [1.82, 2.24) is 10.2 Å². The Morgan fingerprint density at radius 1 is 0.944 bits per heavy atom. The Labute approximate surface area is 114 Å². The Hall–Kier alpha value is -0.0800. The van der Waals surface area contributed by atoms with Crippen LogP contribution in [0, 0.1) is 5.92 Å². The zero-order chi connectivity index (χ0) is 13.0. The van der Waals surface area contributed by atoms with Crippen molar-refractivity contribution in [2.45, 2.75) is 83.8 Å². The summed E-state index contributed by atoms with van der Waals surface area (Å²) < 4.78 is 0. The molecule has 1 saturated carbocycles. The molecular weight excluding hydrogens is 220 g/mol. The Bertz CT molecular complexity index is 229. The molecule has 0 aromatic rings. The van der Waals surface area contributed by atoms with Crippen molar-refractivity contribution in [2.75, 3.05) is 13.1 Å². The number of hydrogen-bond acceptors (Lipinski definition) is 2. The largest absolute Gasteiger partial charge is 0.312 e. The zero-order valence-electron chi connectivity index (χ0n) is 12.6. The van der Waals surface area contributed by atoms with Crippen LogP contribution in [0.4, 0.5) is 0 Å². The molecule has 1 saturated heterocycles. The highest BCUT2D eigenvalue weighted by molar-refractivity contribution is 4.85. The summed E-state index contributed by atoms with van der Waals surface area (Å²) in [7, 11) is 0. The molecule has 2 aliphatic rings. The molecule has 106 valence electrons. The van der Waals surface area contributed by atoms with Crippen LogP contribution in [0.2, 0.25) is 0 Å². The lowest BCUT2D eigenvalue weighted by atomic mass is 9.81. The van der Waals surface area contributed by atoms with Crippen molar-refractivity contribution in [1.29, 1.82) is 0 Å². The molecule has 1 aliphatic heterocycles. The molecule has 1 heterocycles. The molecule has 0 bridgehead atoms. The Kier molecular flexibility index (Phi) is 5.50. The van der Waals surface area contributed by atoms with Crippen LogP contribution in [0.3, 0.4) is 0 Å². The van der Waals surface area contributed by atoms with E-state index >= 15 is 0 Å². The number of rotatable bonds is 2. The van der Waals surface area contributed by atoms with E-state index in [-0.39, 0.29) is 0 Å². The van der Waals surface area contributed by atoms with Gasteiger partial charge >= 0.3 is 0 Å². The second kappa shape index (κ2) is 6.91. The van der Waals surface area contributed by atoms with Gasteiger partial charge in [-0.2, -0.15) is 0 Å². The fraction of sp³-hybridized carbons (Fsp3) is 1.00. The predicted octanol–water partition coefficient (Wildman–Crippen LogP) is 3.42. The quantitative estimate of drug-likeness (QED) is 0.810. The molecule has 0 spiro atoms. The second-order valence-electron chi connectivity index (χ2n) is 6.60. The van der Waals surface area contributed by atoms with Gasteiger partial charge in [0.25, 0.3) is 0 Å². The van der Waals surface area contributed by atoms with E-state index in [1.807, 2.05) is 0 Å². The zero-order valence-corrected chi connectivity index (χ0v) is 12.6. The van der Waals surface area contributed by atoms with Crippen LogP contribution in [0.15, 0.2) is 0 Å². The van der Waals surface area contributed by atoms with E-state index < -0.39 is 0 Å². The Balaban J connectivity index is 1.96. The van der Waals surface area contributed by atoms with Gasteiger partial charge in [-0.3, -0.25) is 4.90 Å². The van der Waals surface area contributed by atoms with Gasteiger partial charge in [0, 0.05) is 18.1 Å². The molecule has 2 rings (SSSR count). The first kappa shape index (κ1) is 14.3. The van der Waals surface area contributed by atoms with Crippen LogP contribution in [0.5, 0.6) is 0 Å². The van der Waals surface area contributed by atoms with Gasteiger partial charge in [0.05, 0.1) is 0 Å². The highest BCUT2D eigenvalue weighted by Crippen LogP contribution is 2.31. The van der Waals surface area contributed by atoms with E-state index in [4.69, 9.17) is 0 Å². The second-order valence-corrected chi connectivity index (χ2v) is 6.60. The van der Waals surface area contributed by atoms with E-state index in [0.29, 0.717) is 12.1 Å². The van der Waals surface area contributed by atoms with Gasteiger partial charge < -0.3 is 5.32 Å². The Morgan fingerprint density at radius 3 is 2.17 bits per heavy atom. The van der Waals surface area contributed by atoms with Crippen LogP contribution >= 0.6 is 0 Å². The molecule has 1 N–H and O–H groups in total. The highest BCUT2D eigenvalue weighted by Gasteiger charge is 2.29. The molecule has 1 aliphatic carbocycles. The van der Waals surface area contributed by atoms with Crippen molar-refractivity contribution in [3.05, 3.63) is 0 Å². The van der Waals surface area contributed by atoms with Crippen molar-refractivity contribution >= 4 is 0 Å². The summed E-state index contributed by atoms with van der Waals surface area (Å²) in [6.07, 6.45) is 9.87. The molecule has 0 aromatic carbocycles. The molecule has 2 fully saturated rings. The Morgan fingerprint density at radius 2 is 1.56 bits per heavy atom. The first-order chi connectivity index (χ1) is 8.70. The van der Waals surface area contributed by atoms with Crippen molar-refractivity contribution in [2.24, 2.45) is 5.92 Å². The summed E-state index contributed by atoms with van der Waals surface area (Å²) in [6.45, 7) is 9.69. The van der Waals surface area contributed by atoms with Crippen LogP contribution < -0.4 is 5.32 Å². The number of nitrogens with one attached hydrogen (secondary N) is 1. The molecule has 2 heteroatoms. The minimum atomic E-state index is 0.687. The van der Waals surface area contributed by atoms with E-state index in [9.17, 15) is 0 Å². The molecule has 0 aromatic heterocycles. The van der Waals surface area contributed by atoms with Gasteiger partial charge in [0.15, 0.2) is 0 Å². The lowest BCUT2D eigenvalue weighted by molar-refractivity contribution is 0.0853. The van der Waals surface area contributed by atoms with Gasteiger partial charge in [-0.25, -0.2) is 0 Å². The minimum absolute atomic E-state index is 0.687. The third-order valence-corrected chi connectivity index (χ3v) is 5.13. The average molecular weight is 252 g/mol. The third-order valence-electron chi connectivity index (χ3n) is 5.13.